The molecule has 3 heterocycles. The van der Waals surface area contributed by atoms with Gasteiger partial charge in [-0.05, 0) is 60.9 Å². The van der Waals surface area contributed by atoms with Crippen LogP contribution in [0.15, 0.2) is 30.6 Å². The topological polar surface area (TPSA) is 105 Å². The van der Waals surface area contributed by atoms with Gasteiger partial charge < -0.3 is 15.8 Å². The van der Waals surface area contributed by atoms with E-state index in [9.17, 15) is 14.3 Å². The Kier molecular flexibility index (Phi) is 3.80. The number of rotatable bonds is 4. The number of hydrogen-bond donors (Lipinski definition) is 3. The Balaban J connectivity index is 1.65. The van der Waals surface area contributed by atoms with E-state index in [1.165, 1.54) is 12.3 Å². The van der Waals surface area contributed by atoms with Gasteiger partial charge in [0.25, 0.3) is 0 Å². The van der Waals surface area contributed by atoms with Crippen molar-refractivity contribution in [1.82, 2.24) is 15.0 Å². The lowest BCUT2D eigenvalue weighted by molar-refractivity contribution is 0.0694. The van der Waals surface area contributed by atoms with Crippen molar-refractivity contribution in [3.05, 3.63) is 58.9 Å². The number of fused-ring (bicyclic) bond motifs is 3. The van der Waals surface area contributed by atoms with Crippen LogP contribution in [0.3, 0.4) is 0 Å². The summed E-state index contributed by atoms with van der Waals surface area (Å²) < 4.78 is 13.1. The molecule has 7 heteroatoms. The molecule has 1 saturated carbocycles. The number of aromatic nitrogens is 3. The third-order valence-electron chi connectivity index (χ3n) is 5.73. The van der Waals surface area contributed by atoms with Crippen LogP contribution in [0.1, 0.15) is 46.1 Å². The van der Waals surface area contributed by atoms with Crippen LogP contribution in [-0.4, -0.2) is 26.0 Å². The lowest BCUT2D eigenvalue weighted by Crippen LogP contribution is -2.17. The lowest BCUT2D eigenvalue weighted by Gasteiger charge is -2.17. The predicted octanol–water partition coefficient (Wildman–Crippen LogP) is 3.48. The molecular formula is C21H19FN4O2. The molecule has 28 heavy (non-hydrogen) atoms. The van der Waals surface area contributed by atoms with Crippen LogP contribution in [0.2, 0.25) is 0 Å². The van der Waals surface area contributed by atoms with E-state index < -0.39 is 11.9 Å². The molecule has 0 aliphatic heterocycles. The Morgan fingerprint density at radius 3 is 2.75 bits per heavy atom. The van der Waals surface area contributed by atoms with Crippen molar-refractivity contribution < 1.29 is 14.3 Å². The Labute approximate surface area is 160 Å². The number of carboxylic acids is 1. The number of pyridine rings is 2. The van der Waals surface area contributed by atoms with Crippen LogP contribution in [0.4, 0.5) is 4.39 Å². The highest BCUT2D eigenvalue weighted by atomic mass is 19.1. The minimum atomic E-state index is -0.941. The van der Waals surface area contributed by atoms with Crippen molar-refractivity contribution >= 4 is 5.97 Å². The number of hydrogen-bond acceptors (Lipinski definition) is 4. The summed E-state index contributed by atoms with van der Waals surface area (Å²) in [5.74, 6) is -1.14. The van der Waals surface area contributed by atoms with Crippen molar-refractivity contribution in [1.29, 1.82) is 0 Å². The molecule has 0 amide bonds. The van der Waals surface area contributed by atoms with Crippen LogP contribution >= 0.6 is 0 Å². The summed E-state index contributed by atoms with van der Waals surface area (Å²) in [6, 6.07) is 4.55. The van der Waals surface area contributed by atoms with Gasteiger partial charge in [-0.3, -0.25) is 4.98 Å². The summed E-state index contributed by atoms with van der Waals surface area (Å²) in [5.41, 5.74) is 12.3. The van der Waals surface area contributed by atoms with Gasteiger partial charge in [0, 0.05) is 35.3 Å². The first-order chi connectivity index (χ1) is 13.5. The van der Waals surface area contributed by atoms with Crippen molar-refractivity contribution in [3.63, 3.8) is 0 Å². The number of carbonyl (C=O) groups is 1. The first kappa shape index (κ1) is 17.1. The van der Waals surface area contributed by atoms with Gasteiger partial charge in [-0.1, -0.05) is 0 Å². The summed E-state index contributed by atoms with van der Waals surface area (Å²) in [5, 5.41) is 9.84. The largest absolute Gasteiger partial charge is 0.478 e. The SMILES string of the molecule is NC(c1[nH]c2c(c1C(=O)O)CCc1cnc(-c3ccc(F)nc3)cc1-2)C1CC1. The quantitative estimate of drug-likeness (QED) is 0.603. The van der Waals surface area contributed by atoms with E-state index in [1.54, 1.807) is 12.3 Å². The molecule has 1 atom stereocenters. The molecule has 0 bridgehead atoms. The third-order valence-corrected chi connectivity index (χ3v) is 5.73. The van der Waals surface area contributed by atoms with E-state index >= 15 is 0 Å². The number of halogens is 1. The highest BCUT2D eigenvalue weighted by Gasteiger charge is 2.36. The maximum atomic E-state index is 13.1. The molecule has 3 aromatic rings. The van der Waals surface area contributed by atoms with Crippen molar-refractivity contribution in [2.75, 3.05) is 0 Å². The molecule has 0 radical (unpaired) electrons. The van der Waals surface area contributed by atoms with Gasteiger partial charge in [-0.2, -0.15) is 4.39 Å². The molecule has 6 nitrogen and oxygen atoms in total. The van der Waals surface area contributed by atoms with Gasteiger partial charge in [-0.15, -0.1) is 0 Å². The number of aromatic amines is 1. The third kappa shape index (κ3) is 2.70. The van der Waals surface area contributed by atoms with E-state index in [1.807, 2.05) is 6.07 Å². The molecule has 5 rings (SSSR count). The molecule has 0 saturated heterocycles. The fraction of sp³-hybridized carbons (Fsp3) is 0.286. The number of nitrogens with two attached hydrogens (primary N) is 1. The Morgan fingerprint density at radius 1 is 1.25 bits per heavy atom. The molecule has 0 aromatic carbocycles. The van der Waals surface area contributed by atoms with Crippen LogP contribution in [-0.2, 0) is 12.8 Å². The summed E-state index contributed by atoms with van der Waals surface area (Å²) >= 11 is 0. The average molecular weight is 378 g/mol. The highest BCUT2D eigenvalue weighted by molar-refractivity contribution is 5.95. The van der Waals surface area contributed by atoms with Crippen LogP contribution in [0.5, 0.6) is 0 Å². The Hall–Kier alpha value is -3.06. The number of aromatic carboxylic acids is 1. The fourth-order valence-corrected chi connectivity index (χ4v) is 4.09. The molecule has 142 valence electrons. The summed E-state index contributed by atoms with van der Waals surface area (Å²) in [7, 11) is 0. The smallest absolute Gasteiger partial charge is 0.337 e. The molecule has 0 spiro atoms. The molecule has 4 N–H and O–H groups in total. The van der Waals surface area contributed by atoms with Gasteiger partial charge in [0.2, 0.25) is 5.95 Å². The zero-order chi connectivity index (χ0) is 19.4. The van der Waals surface area contributed by atoms with Crippen LogP contribution in [0, 0.1) is 11.9 Å². The monoisotopic (exact) mass is 378 g/mol. The van der Waals surface area contributed by atoms with Gasteiger partial charge >= 0.3 is 5.97 Å². The summed E-state index contributed by atoms with van der Waals surface area (Å²) in [4.78, 5) is 23.5. The van der Waals surface area contributed by atoms with Gasteiger partial charge in [0.15, 0.2) is 0 Å². The Bertz CT molecular complexity index is 1090. The standard InChI is InChI=1S/C21H19FN4O2/c22-16-6-4-12(9-25-16)15-7-14-11(8-24-15)3-5-13-17(21(27)28)20(26-19(13)14)18(23)10-1-2-10/h4,6-10,18,26H,1-3,5,23H2,(H,27,28). The average Bonchev–Trinajstić information content (AvgIpc) is 3.46. The summed E-state index contributed by atoms with van der Waals surface area (Å²) in [6.45, 7) is 0. The summed E-state index contributed by atoms with van der Waals surface area (Å²) in [6.07, 6.45) is 6.67. The van der Waals surface area contributed by atoms with Crippen molar-refractivity contribution in [2.45, 2.75) is 31.7 Å². The number of H-pyrrole nitrogens is 1. The number of nitrogens with one attached hydrogen (secondary N) is 1. The molecule has 3 aromatic heterocycles. The zero-order valence-corrected chi connectivity index (χ0v) is 15.1. The minimum Gasteiger partial charge on any atom is -0.478 e. The first-order valence-corrected chi connectivity index (χ1v) is 9.37. The number of nitrogens with zero attached hydrogens (tertiary/aromatic N) is 2. The highest BCUT2D eigenvalue weighted by Crippen LogP contribution is 2.44. The van der Waals surface area contributed by atoms with Gasteiger partial charge in [0.1, 0.15) is 0 Å². The van der Waals surface area contributed by atoms with Crippen molar-refractivity contribution in [3.8, 4) is 22.5 Å². The van der Waals surface area contributed by atoms with E-state index in [0.29, 0.717) is 41.3 Å². The minimum absolute atomic E-state index is 0.289. The maximum absolute atomic E-state index is 13.1. The molecule has 2 aliphatic carbocycles. The van der Waals surface area contributed by atoms with Crippen LogP contribution in [0.25, 0.3) is 22.5 Å². The lowest BCUT2D eigenvalue weighted by atomic mass is 9.88. The van der Waals surface area contributed by atoms with E-state index in [-0.39, 0.29) is 6.04 Å². The predicted molar refractivity (Wildman–Crippen MR) is 101 cm³/mol. The second-order valence-electron chi connectivity index (χ2n) is 7.53. The number of aryl methyl sites for hydroxylation is 1. The van der Waals surface area contributed by atoms with E-state index in [0.717, 1.165) is 35.2 Å². The second-order valence-corrected chi connectivity index (χ2v) is 7.53. The van der Waals surface area contributed by atoms with E-state index in [4.69, 9.17) is 5.73 Å². The Morgan fingerprint density at radius 2 is 2.07 bits per heavy atom. The molecule has 1 unspecified atom stereocenters. The number of carboxylic acid groups (broad SMARTS) is 1. The van der Waals surface area contributed by atoms with Crippen molar-refractivity contribution in [2.24, 2.45) is 11.7 Å². The normalized spacial score (nSPS) is 16.4. The van der Waals surface area contributed by atoms with Gasteiger partial charge in [0.05, 0.1) is 17.0 Å². The fourth-order valence-electron chi connectivity index (χ4n) is 4.09. The van der Waals surface area contributed by atoms with Crippen LogP contribution < -0.4 is 5.73 Å². The van der Waals surface area contributed by atoms with Gasteiger partial charge in [-0.25, -0.2) is 9.78 Å². The molecular weight excluding hydrogens is 359 g/mol. The first-order valence-electron chi connectivity index (χ1n) is 9.37. The second kappa shape index (κ2) is 6.24. The van der Waals surface area contributed by atoms with E-state index in [2.05, 4.69) is 15.0 Å². The maximum Gasteiger partial charge on any atom is 0.337 e. The molecule has 2 aliphatic rings. The molecule has 1 fully saturated rings. The zero-order valence-electron chi connectivity index (χ0n) is 15.1.